The highest BCUT2D eigenvalue weighted by Crippen LogP contribution is 2.31. The summed E-state index contributed by atoms with van der Waals surface area (Å²) < 4.78 is 57.9. The summed E-state index contributed by atoms with van der Waals surface area (Å²) in [7, 11) is 1.49. The number of hydrogen-bond acceptors (Lipinski definition) is 3. The van der Waals surface area contributed by atoms with Gasteiger partial charge in [0.25, 0.3) is 5.91 Å². The number of halogens is 4. The van der Waals surface area contributed by atoms with E-state index in [-0.39, 0.29) is 16.8 Å². The first-order chi connectivity index (χ1) is 13.8. The minimum atomic E-state index is -4.50. The van der Waals surface area contributed by atoms with Gasteiger partial charge < -0.3 is 10.1 Å². The van der Waals surface area contributed by atoms with Crippen LogP contribution in [0.4, 0.5) is 17.6 Å². The van der Waals surface area contributed by atoms with Crippen LogP contribution in [0.2, 0.25) is 0 Å². The second-order valence-corrected chi connectivity index (χ2v) is 6.13. The van der Waals surface area contributed by atoms with Gasteiger partial charge in [-0.15, -0.1) is 0 Å². The molecule has 1 heterocycles. The van der Waals surface area contributed by atoms with Crippen molar-refractivity contribution in [3.8, 4) is 5.75 Å². The predicted molar refractivity (Wildman–Crippen MR) is 97.9 cm³/mol. The van der Waals surface area contributed by atoms with Crippen molar-refractivity contribution in [1.29, 1.82) is 0 Å². The van der Waals surface area contributed by atoms with Gasteiger partial charge in [0.2, 0.25) is 0 Å². The third kappa shape index (κ3) is 4.71. The molecule has 0 aliphatic rings. The molecule has 0 aliphatic heterocycles. The van der Waals surface area contributed by atoms with E-state index in [1.54, 1.807) is 12.1 Å². The maximum absolute atomic E-state index is 14.3. The van der Waals surface area contributed by atoms with Gasteiger partial charge in [0.1, 0.15) is 17.3 Å². The van der Waals surface area contributed by atoms with E-state index >= 15 is 0 Å². The van der Waals surface area contributed by atoms with Gasteiger partial charge in [-0.2, -0.15) is 13.2 Å². The Morgan fingerprint density at radius 1 is 1.03 bits per heavy atom. The highest BCUT2D eigenvalue weighted by molar-refractivity contribution is 5.94. The molecule has 2 aromatic carbocycles. The van der Waals surface area contributed by atoms with Crippen LogP contribution < -0.4 is 10.1 Å². The van der Waals surface area contributed by atoms with E-state index in [1.165, 1.54) is 49.7 Å². The van der Waals surface area contributed by atoms with Crippen molar-refractivity contribution in [1.82, 2.24) is 10.3 Å². The Labute approximate surface area is 164 Å². The molecule has 3 aromatic rings. The molecule has 0 bridgehead atoms. The number of methoxy groups -OCH3 is 1. The Morgan fingerprint density at radius 3 is 2.24 bits per heavy atom. The van der Waals surface area contributed by atoms with E-state index in [9.17, 15) is 22.4 Å². The number of alkyl halides is 3. The fourth-order valence-electron chi connectivity index (χ4n) is 2.74. The minimum Gasteiger partial charge on any atom is -0.497 e. The van der Waals surface area contributed by atoms with Crippen molar-refractivity contribution in [2.75, 3.05) is 7.11 Å². The van der Waals surface area contributed by atoms with Crippen LogP contribution in [0.1, 0.15) is 33.2 Å². The van der Waals surface area contributed by atoms with Crippen molar-refractivity contribution in [3.05, 3.63) is 95.1 Å². The van der Waals surface area contributed by atoms with Crippen molar-refractivity contribution in [3.63, 3.8) is 0 Å². The lowest BCUT2D eigenvalue weighted by Gasteiger charge is -2.20. The number of amides is 1. The van der Waals surface area contributed by atoms with Crippen molar-refractivity contribution in [2.24, 2.45) is 0 Å². The normalized spacial score (nSPS) is 12.3. The van der Waals surface area contributed by atoms with E-state index < -0.39 is 29.5 Å². The lowest BCUT2D eigenvalue weighted by Crippen LogP contribution is -2.30. The number of hydrogen-bond donors (Lipinski definition) is 1. The average molecular weight is 404 g/mol. The molecule has 0 radical (unpaired) electrons. The summed E-state index contributed by atoms with van der Waals surface area (Å²) in [5.74, 6) is -0.674. The summed E-state index contributed by atoms with van der Waals surface area (Å²) in [6, 6.07) is 11.8. The van der Waals surface area contributed by atoms with Crippen LogP contribution in [0.3, 0.4) is 0 Å². The number of nitrogens with one attached hydrogen (secondary N) is 1. The topological polar surface area (TPSA) is 51.2 Å². The van der Waals surface area contributed by atoms with Crippen molar-refractivity contribution >= 4 is 5.91 Å². The Bertz CT molecular complexity index is 987. The number of aromatic nitrogens is 1. The number of carbonyl (C=O) groups is 1. The molecule has 1 aromatic heterocycles. The molecule has 4 nitrogen and oxygen atoms in total. The first kappa shape index (κ1) is 20.3. The molecular formula is C21H16F4N2O2. The van der Waals surface area contributed by atoms with E-state index in [4.69, 9.17) is 4.74 Å². The summed E-state index contributed by atoms with van der Waals surface area (Å²) in [6.07, 6.45) is -3.16. The monoisotopic (exact) mass is 404 g/mol. The molecule has 0 saturated carbocycles. The Hall–Kier alpha value is -3.42. The molecule has 0 spiro atoms. The zero-order valence-corrected chi connectivity index (χ0v) is 15.2. The van der Waals surface area contributed by atoms with E-state index in [0.717, 1.165) is 12.1 Å². The second-order valence-electron chi connectivity index (χ2n) is 6.13. The highest BCUT2D eigenvalue weighted by atomic mass is 19.4. The van der Waals surface area contributed by atoms with Crippen LogP contribution >= 0.6 is 0 Å². The van der Waals surface area contributed by atoms with E-state index in [2.05, 4.69) is 10.3 Å². The maximum Gasteiger partial charge on any atom is 0.416 e. The predicted octanol–water partition coefficient (Wildman–Crippen LogP) is 4.77. The standard InChI is InChI=1S/C21H16F4N2O2/c1-29-16-10-6-14(7-11-16)20(28)27-18(19-17(22)3-2-12-26-19)13-4-8-15(9-5-13)21(23,24)25/h2-12,18H,1H3,(H,27,28)/t18-/m0/s1. The SMILES string of the molecule is COc1ccc(C(=O)N[C@@H](c2ccc(C(F)(F)F)cc2)c2ncccc2F)cc1. The van der Waals surface area contributed by atoms with E-state index in [0.29, 0.717) is 5.75 Å². The average Bonchev–Trinajstić information content (AvgIpc) is 2.72. The van der Waals surface area contributed by atoms with Crippen LogP contribution in [-0.2, 0) is 6.18 Å². The second kappa shape index (κ2) is 8.30. The third-order valence-corrected chi connectivity index (χ3v) is 4.26. The molecule has 1 amide bonds. The Kier molecular flexibility index (Phi) is 5.81. The van der Waals surface area contributed by atoms with Crippen LogP contribution in [0.25, 0.3) is 0 Å². The van der Waals surface area contributed by atoms with Crippen LogP contribution in [0.5, 0.6) is 5.75 Å². The molecule has 0 saturated heterocycles. The van der Waals surface area contributed by atoms with Gasteiger partial charge in [0.05, 0.1) is 18.7 Å². The molecule has 3 rings (SSSR count). The number of ether oxygens (including phenoxy) is 1. The molecule has 0 aliphatic carbocycles. The molecule has 1 atom stereocenters. The molecule has 150 valence electrons. The summed E-state index contributed by atoms with van der Waals surface area (Å²) in [5, 5.41) is 2.64. The maximum atomic E-state index is 14.3. The van der Waals surface area contributed by atoms with Crippen molar-refractivity contribution in [2.45, 2.75) is 12.2 Å². The summed E-state index contributed by atoms with van der Waals surface area (Å²) >= 11 is 0. The van der Waals surface area contributed by atoms with Gasteiger partial charge in [-0.3, -0.25) is 9.78 Å². The summed E-state index contributed by atoms with van der Waals surface area (Å²) in [5.41, 5.74) is -0.409. The first-order valence-corrected chi connectivity index (χ1v) is 8.52. The highest BCUT2D eigenvalue weighted by Gasteiger charge is 2.31. The smallest absolute Gasteiger partial charge is 0.416 e. The third-order valence-electron chi connectivity index (χ3n) is 4.26. The number of nitrogens with zero attached hydrogens (tertiary/aromatic N) is 1. The number of rotatable bonds is 5. The zero-order valence-electron chi connectivity index (χ0n) is 15.2. The van der Waals surface area contributed by atoms with Crippen LogP contribution in [-0.4, -0.2) is 18.0 Å². The first-order valence-electron chi connectivity index (χ1n) is 8.52. The summed E-state index contributed by atoms with van der Waals surface area (Å²) in [4.78, 5) is 16.6. The van der Waals surface area contributed by atoms with Crippen molar-refractivity contribution < 1.29 is 27.1 Å². The van der Waals surface area contributed by atoms with Gasteiger partial charge >= 0.3 is 6.18 Å². The van der Waals surface area contributed by atoms with Gasteiger partial charge in [-0.25, -0.2) is 4.39 Å². The molecular weight excluding hydrogens is 388 g/mol. The van der Waals surface area contributed by atoms with Crippen LogP contribution in [0.15, 0.2) is 66.9 Å². The van der Waals surface area contributed by atoms with Gasteiger partial charge in [-0.05, 0) is 54.1 Å². The lowest BCUT2D eigenvalue weighted by molar-refractivity contribution is -0.137. The minimum absolute atomic E-state index is 0.103. The molecule has 8 heteroatoms. The van der Waals surface area contributed by atoms with E-state index in [1.807, 2.05) is 0 Å². The zero-order chi connectivity index (χ0) is 21.0. The van der Waals surface area contributed by atoms with Crippen LogP contribution in [0, 0.1) is 5.82 Å². The number of pyridine rings is 1. The molecule has 29 heavy (non-hydrogen) atoms. The van der Waals surface area contributed by atoms with Gasteiger partial charge in [0.15, 0.2) is 0 Å². The van der Waals surface area contributed by atoms with Gasteiger partial charge in [0, 0.05) is 11.8 Å². The molecule has 0 unspecified atom stereocenters. The largest absolute Gasteiger partial charge is 0.497 e. The summed E-state index contributed by atoms with van der Waals surface area (Å²) in [6.45, 7) is 0. The van der Waals surface area contributed by atoms with Gasteiger partial charge in [-0.1, -0.05) is 12.1 Å². The lowest BCUT2D eigenvalue weighted by atomic mass is 10.00. The number of benzene rings is 2. The number of carbonyl (C=O) groups excluding carboxylic acids is 1. The quantitative estimate of drug-likeness (QED) is 0.624. The fraction of sp³-hybridized carbons (Fsp3) is 0.143. The molecule has 0 fully saturated rings. The fourth-order valence-corrected chi connectivity index (χ4v) is 2.74. The Morgan fingerprint density at radius 2 is 1.69 bits per heavy atom. The Balaban J connectivity index is 1.95. The molecule has 1 N–H and O–H groups in total.